The molecule has 0 aromatic heterocycles. The topological polar surface area (TPSA) is 70.0 Å². The van der Waals surface area contributed by atoms with E-state index in [0.29, 0.717) is 22.4 Å². The number of ketones is 2. The molecule has 0 amide bonds. The van der Waals surface area contributed by atoms with Crippen LogP contribution in [-0.2, 0) is 0 Å². The molecule has 0 spiro atoms. The lowest BCUT2D eigenvalue weighted by Gasteiger charge is -2.20. The summed E-state index contributed by atoms with van der Waals surface area (Å²) in [7, 11) is 1.69. The molecular weight excluding hydrogens is 240 g/mol. The van der Waals surface area contributed by atoms with Crippen LogP contribution in [0.15, 0.2) is 36.4 Å². The molecule has 3 rings (SSSR count). The summed E-state index contributed by atoms with van der Waals surface area (Å²) in [5, 5.41) is 2.91. The highest BCUT2D eigenvalue weighted by Gasteiger charge is 2.33. The van der Waals surface area contributed by atoms with Crippen LogP contribution in [0.1, 0.15) is 31.8 Å². The summed E-state index contributed by atoms with van der Waals surface area (Å²) in [6.07, 6.45) is 0. The Morgan fingerprint density at radius 3 is 2.05 bits per heavy atom. The van der Waals surface area contributed by atoms with E-state index < -0.39 is 0 Å². The highest BCUT2D eigenvalue weighted by molar-refractivity contribution is 6.31. The van der Waals surface area contributed by atoms with Crippen LogP contribution in [0.2, 0.25) is 0 Å². The highest BCUT2D eigenvalue weighted by atomic mass is 16.1. The summed E-state index contributed by atoms with van der Waals surface area (Å²) in [6, 6.07) is 9.92. The van der Waals surface area contributed by atoms with Crippen LogP contribution in [0.3, 0.4) is 0 Å². The van der Waals surface area contributed by atoms with E-state index in [1.54, 1.807) is 37.4 Å². The van der Waals surface area contributed by atoms with Crippen LogP contribution in [-0.4, -0.2) is 18.6 Å². The first-order chi connectivity index (χ1) is 9.15. The Kier molecular flexibility index (Phi) is 2.38. The molecule has 93 valence electrons. The van der Waals surface area contributed by atoms with Gasteiger partial charge in [-0.25, -0.2) is 0 Å². The van der Waals surface area contributed by atoms with Crippen LogP contribution in [0.5, 0.6) is 0 Å². The van der Waals surface area contributed by atoms with Gasteiger partial charge < -0.3 is 11.1 Å². The van der Waals surface area contributed by atoms with Crippen LogP contribution in [0.25, 0.3) is 0 Å². The number of hydrogen-bond acceptors (Lipinski definition) is 3. The van der Waals surface area contributed by atoms with Crippen LogP contribution in [0, 0.1) is 0 Å². The van der Waals surface area contributed by atoms with Crippen LogP contribution >= 0.6 is 0 Å². The van der Waals surface area contributed by atoms with Crippen molar-refractivity contribution in [2.75, 3.05) is 12.4 Å². The third-order valence-corrected chi connectivity index (χ3v) is 3.35. The number of hydrogen-bond donors (Lipinski definition) is 1. The summed E-state index contributed by atoms with van der Waals surface area (Å²) in [5.74, 6) is -0.462. The van der Waals surface area contributed by atoms with Crippen LogP contribution in [0.4, 0.5) is 11.4 Å². The first-order valence-electron chi connectivity index (χ1n) is 5.90. The Balaban J connectivity index is 2.38. The number of nitrogens with one attached hydrogen (secondary N) is 2. The fraction of sp³-hybridized carbons (Fsp3) is 0.0667. The van der Waals surface area contributed by atoms with Crippen molar-refractivity contribution in [3.63, 3.8) is 0 Å². The number of rotatable bonds is 1. The molecule has 4 heteroatoms. The maximum Gasteiger partial charge on any atom is 0.196 e. The second-order valence-electron chi connectivity index (χ2n) is 4.36. The lowest BCUT2D eigenvalue weighted by Crippen LogP contribution is -2.22. The zero-order valence-electron chi connectivity index (χ0n) is 10.3. The van der Waals surface area contributed by atoms with Crippen molar-refractivity contribution in [2.45, 2.75) is 0 Å². The van der Waals surface area contributed by atoms with E-state index in [1.165, 1.54) is 6.07 Å². The Labute approximate surface area is 110 Å². The molecule has 0 heterocycles. The SMILES string of the molecule is CNc1ccc([NH])c2c1C(=O)c1ccccc1C2=O. The number of carbonyl (C=O) groups excluding carboxylic acids is 2. The van der Waals surface area contributed by atoms with Crippen molar-refractivity contribution in [3.05, 3.63) is 58.7 Å². The average Bonchev–Trinajstić information content (AvgIpc) is 2.44. The van der Waals surface area contributed by atoms with Gasteiger partial charge in [-0.3, -0.25) is 9.59 Å². The van der Waals surface area contributed by atoms with E-state index >= 15 is 0 Å². The zero-order chi connectivity index (χ0) is 13.6. The summed E-state index contributed by atoms with van der Waals surface area (Å²) >= 11 is 0. The molecule has 2 aromatic rings. The Bertz CT molecular complexity index is 720. The summed E-state index contributed by atoms with van der Waals surface area (Å²) < 4.78 is 0. The van der Waals surface area contributed by atoms with Gasteiger partial charge in [-0.1, -0.05) is 24.3 Å². The molecule has 2 N–H and O–H groups in total. The number of carbonyl (C=O) groups is 2. The Morgan fingerprint density at radius 1 is 0.895 bits per heavy atom. The molecule has 1 radical (unpaired) electrons. The average molecular weight is 251 g/mol. The minimum absolute atomic E-state index is 0.0850. The van der Waals surface area contributed by atoms with Gasteiger partial charge in [0.1, 0.15) is 0 Å². The van der Waals surface area contributed by atoms with Gasteiger partial charge in [0, 0.05) is 23.9 Å². The standard InChI is InChI=1S/C15H11N2O2/c1-17-11-7-6-10(16)12-13(11)15(19)9-5-3-2-4-8(9)14(12)18/h2-7,16-17H,1H3. The van der Waals surface area contributed by atoms with Gasteiger partial charge in [0.2, 0.25) is 0 Å². The predicted molar refractivity (Wildman–Crippen MR) is 72.1 cm³/mol. The Hall–Kier alpha value is -2.62. The Morgan fingerprint density at radius 2 is 1.47 bits per heavy atom. The molecule has 0 fully saturated rings. The van der Waals surface area contributed by atoms with E-state index in [9.17, 15) is 9.59 Å². The van der Waals surface area contributed by atoms with Crippen molar-refractivity contribution in [3.8, 4) is 0 Å². The predicted octanol–water partition coefficient (Wildman–Crippen LogP) is 2.42. The molecule has 0 unspecified atom stereocenters. The van der Waals surface area contributed by atoms with E-state index in [4.69, 9.17) is 5.73 Å². The molecular formula is C15H11N2O2. The van der Waals surface area contributed by atoms with Gasteiger partial charge >= 0.3 is 0 Å². The smallest absolute Gasteiger partial charge is 0.196 e. The summed E-state index contributed by atoms with van der Waals surface area (Å²) in [6.45, 7) is 0. The first-order valence-corrected chi connectivity index (χ1v) is 5.90. The number of anilines is 1. The van der Waals surface area contributed by atoms with Crippen molar-refractivity contribution in [1.29, 1.82) is 0 Å². The third kappa shape index (κ3) is 1.46. The van der Waals surface area contributed by atoms with Gasteiger partial charge in [-0.2, -0.15) is 0 Å². The maximum atomic E-state index is 12.5. The second kappa shape index (κ2) is 3.95. The normalized spacial score (nSPS) is 12.9. The van der Waals surface area contributed by atoms with Gasteiger partial charge in [0.15, 0.2) is 11.6 Å². The molecule has 0 saturated heterocycles. The van der Waals surface area contributed by atoms with Crippen molar-refractivity contribution in [2.24, 2.45) is 0 Å². The van der Waals surface area contributed by atoms with E-state index in [-0.39, 0.29) is 22.8 Å². The van der Waals surface area contributed by atoms with E-state index in [0.717, 1.165) is 0 Å². The molecule has 1 aliphatic rings. The first kappa shape index (κ1) is 11.5. The molecule has 0 atom stereocenters. The maximum absolute atomic E-state index is 12.5. The van der Waals surface area contributed by atoms with Crippen molar-refractivity contribution in [1.82, 2.24) is 5.73 Å². The number of fused-ring (bicyclic) bond motifs is 2. The number of benzene rings is 2. The molecule has 0 aliphatic heterocycles. The molecule has 2 aromatic carbocycles. The van der Waals surface area contributed by atoms with Crippen molar-refractivity contribution >= 4 is 22.9 Å². The monoisotopic (exact) mass is 251 g/mol. The largest absolute Gasteiger partial charge is 0.388 e. The molecule has 19 heavy (non-hydrogen) atoms. The lowest BCUT2D eigenvalue weighted by atomic mass is 9.82. The molecule has 0 saturated carbocycles. The fourth-order valence-corrected chi connectivity index (χ4v) is 2.43. The highest BCUT2D eigenvalue weighted by Crippen LogP contribution is 2.35. The van der Waals surface area contributed by atoms with Gasteiger partial charge in [0.05, 0.1) is 16.8 Å². The van der Waals surface area contributed by atoms with E-state index in [2.05, 4.69) is 5.32 Å². The minimum Gasteiger partial charge on any atom is -0.388 e. The van der Waals surface area contributed by atoms with Gasteiger partial charge in [0.25, 0.3) is 0 Å². The van der Waals surface area contributed by atoms with Crippen molar-refractivity contribution < 1.29 is 9.59 Å². The molecule has 1 aliphatic carbocycles. The van der Waals surface area contributed by atoms with Gasteiger partial charge in [-0.05, 0) is 12.1 Å². The second-order valence-corrected chi connectivity index (χ2v) is 4.36. The summed E-state index contributed by atoms with van der Waals surface area (Å²) in [5.41, 5.74) is 9.82. The minimum atomic E-state index is -0.257. The molecule has 4 nitrogen and oxygen atoms in total. The quantitative estimate of drug-likeness (QED) is 0.722. The van der Waals surface area contributed by atoms with Gasteiger partial charge in [-0.15, -0.1) is 0 Å². The third-order valence-electron chi connectivity index (χ3n) is 3.35. The van der Waals surface area contributed by atoms with Crippen LogP contribution < -0.4 is 11.1 Å². The zero-order valence-corrected chi connectivity index (χ0v) is 10.3. The van der Waals surface area contributed by atoms with E-state index in [1.807, 2.05) is 0 Å². The fourth-order valence-electron chi connectivity index (χ4n) is 2.43. The summed E-state index contributed by atoms with van der Waals surface area (Å²) in [4.78, 5) is 25.0. The molecule has 0 bridgehead atoms. The lowest BCUT2D eigenvalue weighted by molar-refractivity contribution is 0.0980.